The average molecular weight is 281 g/mol. The van der Waals surface area contributed by atoms with Crippen molar-refractivity contribution in [3.63, 3.8) is 0 Å². The van der Waals surface area contributed by atoms with Gasteiger partial charge in [-0.15, -0.1) is 0 Å². The van der Waals surface area contributed by atoms with E-state index in [9.17, 15) is 4.79 Å². The summed E-state index contributed by atoms with van der Waals surface area (Å²) in [4.78, 5) is 16.5. The van der Waals surface area contributed by atoms with Crippen molar-refractivity contribution in [2.75, 3.05) is 33.2 Å². The van der Waals surface area contributed by atoms with Gasteiger partial charge in [0.2, 0.25) is 0 Å². The number of rotatable bonds is 2. The molecule has 6 nitrogen and oxygen atoms in total. The van der Waals surface area contributed by atoms with Crippen LogP contribution in [0.25, 0.3) is 0 Å². The number of piperidine rings is 2. The zero-order valence-electron chi connectivity index (χ0n) is 12.6. The molecule has 2 rings (SSSR count). The second-order valence-corrected chi connectivity index (χ2v) is 6.40. The Kier molecular flexibility index (Phi) is 4.52. The maximum Gasteiger partial charge on any atom is 0.318 e. The first kappa shape index (κ1) is 15.1. The van der Waals surface area contributed by atoms with Crippen molar-refractivity contribution in [3.8, 4) is 0 Å². The first-order valence-corrected chi connectivity index (χ1v) is 7.53. The van der Waals surface area contributed by atoms with E-state index in [1.807, 2.05) is 4.90 Å². The number of likely N-dealkylation sites (tertiary alicyclic amines) is 2. The number of amides is 2. The molecule has 0 aromatic heterocycles. The van der Waals surface area contributed by atoms with Crippen molar-refractivity contribution in [3.05, 3.63) is 0 Å². The summed E-state index contributed by atoms with van der Waals surface area (Å²) in [6, 6.07) is -0.0587. The van der Waals surface area contributed by atoms with Crippen molar-refractivity contribution in [2.45, 2.75) is 38.1 Å². The SMILES string of the molecule is CC1CCN(C(=O)NC2(C(=N)N)CCN(C)CC2)CC1. The van der Waals surface area contributed by atoms with Crippen LogP contribution in [0.1, 0.15) is 32.6 Å². The number of nitrogens with zero attached hydrogens (tertiary/aromatic N) is 2. The molecule has 20 heavy (non-hydrogen) atoms. The van der Waals surface area contributed by atoms with Gasteiger partial charge in [0.1, 0.15) is 11.4 Å². The number of urea groups is 1. The summed E-state index contributed by atoms with van der Waals surface area (Å²) in [5.41, 5.74) is 5.13. The minimum Gasteiger partial charge on any atom is -0.386 e. The molecule has 4 N–H and O–H groups in total. The summed E-state index contributed by atoms with van der Waals surface area (Å²) in [6.45, 7) is 5.55. The Morgan fingerprint density at radius 2 is 1.80 bits per heavy atom. The summed E-state index contributed by atoms with van der Waals surface area (Å²) in [5, 5.41) is 10.9. The first-order chi connectivity index (χ1) is 9.43. The van der Waals surface area contributed by atoms with Crippen molar-refractivity contribution < 1.29 is 4.79 Å². The molecule has 0 saturated carbocycles. The van der Waals surface area contributed by atoms with Gasteiger partial charge < -0.3 is 20.9 Å². The van der Waals surface area contributed by atoms with Gasteiger partial charge in [0.05, 0.1) is 0 Å². The number of nitrogens with one attached hydrogen (secondary N) is 2. The van der Waals surface area contributed by atoms with Crippen LogP contribution in [-0.2, 0) is 0 Å². The maximum atomic E-state index is 12.4. The summed E-state index contributed by atoms with van der Waals surface area (Å²) >= 11 is 0. The molecule has 2 aliphatic heterocycles. The average Bonchev–Trinajstić information content (AvgIpc) is 2.42. The van der Waals surface area contributed by atoms with E-state index in [4.69, 9.17) is 11.1 Å². The van der Waals surface area contributed by atoms with Crippen LogP contribution in [0, 0.1) is 11.3 Å². The zero-order valence-corrected chi connectivity index (χ0v) is 12.6. The van der Waals surface area contributed by atoms with Crippen molar-refractivity contribution in [1.29, 1.82) is 5.41 Å². The van der Waals surface area contributed by atoms with E-state index < -0.39 is 5.54 Å². The molecule has 2 amide bonds. The highest BCUT2D eigenvalue weighted by Crippen LogP contribution is 2.23. The normalized spacial score (nSPS) is 24.4. The molecule has 2 heterocycles. The van der Waals surface area contributed by atoms with E-state index in [-0.39, 0.29) is 11.9 Å². The minimum absolute atomic E-state index is 0.0587. The van der Waals surface area contributed by atoms with Crippen molar-refractivity contribution in [1.82, 2.24) is 15.1 Å². The van der Waals surface area contributed by atoms with Crippen LogP contribution in [0.3, 0.4) is 0 Å². The third-order valence-corrected chi connectivity index (χ3v) is 4.77. The van der Waals surface area contributed by atoms with E-state index in [2.05, 4.69) is 24.2 Å². The van der Waals surface area contributed by atoms with Gasteiger partial charge in [-0.05, 0) is 38.6 Å². The molecular weight excluding hydrogens is 254 g/mol. The van der Waals surface area contributed by atoms with E-state index in [1.165, 1.54) is 0 Å². The maximum absolute atomic E-state index is 12.4. The number of hydrogen-bond donors (Lipinski definition) is 3. The second kappa shape index (κ2) is 5.99. The van der Waals surface area contributed by atoms with Gasteiger partial charge in [-0.3, -0.25) is 5.41 Å². The third kappa shape index (κ3) is 3.23. The van der Waals surface area contributed by atoms with Gasteiger partial charge in [0.15, 0.2) is 0 Å². The van der Waals surface area contributed by atoms with Crippen LogP contribution in [0.15, 0.2) is 0 Å². The number of hydrogen-bond acceptors (Lipinski definition) is 3. The summed E-state index contributed by atoms with van der Waals surface area (Å²) in [6.07, 6.45) is 3.55. The fourth-order valence-electron chi connectivity index (χ4n) is 2.96. The van der Waals surface area contributed by atoms with Gasteiger partial charge >= 0.3 is 6.03 Å². The summed E-state index contributed by atoms with van der Waals surface area (Å²) in [5.74, 6) is 0.786. The molecule has 6 heteroatoms. The quantitative estimate of drug-likeness (QED) is 0.517. The van der Waals surface area contributed by atoms with Crippen LogP contribution in [0.2, 0.25) is 0 Å². The molecule has 0 aromatic carbocycles. The van der Waals surface area contributed by atoms with Crippen LogP contribution in [0.4, 0.5) is 4.79 Å². The minimum atomic E-state index is -0.646. The summed E-state index contributed by atoms with van der Waals surface area (Å²) < 4.78 is 0. The topological polar surface area (TPSA) is 85.5 Å². The van der Waals surface area contributed by atoms with Gasteiger partial charge in [0, 0.05) is 26.2 Å². The lowest BCUT2D eigenvalue weighted by molar-refractivity contribution is 0.152. The van der Waals surface area contributed by atoms with E-state index in [0.29, 0.717) is 5.92 Å². The number of nitrogens with two attached hydrogens (primary N) is 1. The number of carbonyl (C=O) groups is 1. The third-order valence-electron chi connectivity index (χ3n) is 4.77. The van der Waals surface area contributed by atoms with Crippen LogP contribution in [-0.4, -0.2) is 60.4 Å². The summed E-state index contributed by atoms with van der Waals surface area (Å²) in [7, 11) is 2.05. The number of carbonyl (C=O) groups excluding carboxylic acids is 1. The second-order valence-electron chi connectivity index (χ2n) is 6.40. The predicted octanol–water partition coefficient (Wildman–Crippen LogP) is 0.828. The smallest absolute Gasteiger partial charge is 0.318 e. The molecule has 0 atom stereocenters. The lowest BCUT2D eigenvalue weighted by Crippen LogP contribution is -2.64. The zero-order chi connectivity index (χ0) is 14.8. The lowest BCUT2D eigenvalue weighted by Gasteiger charge is -2.42. The molecule has 114 valence electrons. The van der Waals surface area contributed by atoms with Crippen LogP contribution in [0.5, 0.6) is 0 Å². The fourth-order valence-corrected chi connectivity index (χ4v) is 2.96. The van der Waals surface area contributed by atoms with Gasteiger partial charge in [-0.1, -0.05) is 6.92 Å². The molecule has 0 bridgehead atoms. The van der Waals surface area contributed by atoms with Crippen LogP contribution < -0.4 is 11.1 Å². The van der Waals surface area contributed by atoms with Gasteiger partial charge in [-0.25, -0.2) is 4.79 Å². The van der Waals surface area contributed by atoms with Crippen molar-refractivity contribution >= 4 is 11.9 Å². The Hall–Kier alpha value is -1.30. The van der Waals surface area contributed by atoms with Crippen molar-refractivity contribution in [2.24, 2.45) is 11.7 Å². The monoisotopic (exact) mass is 281 g/mol. The highest BCUT2D eigenvalue weighted by atomic mass is 16.2. The molecule has 2 aliphatic rings. The lowest BCUT2D eigenvalue weighted by atomic mass is 9.86. The molecule has 0 unspecified atom stereocenters. The first-order valence-electron chi connectivity index (χ1n) is 7.53. The Morgan fingerprint density at radius 1 is 1.25 bits per heavy atom. The Morgan fingerprint density at radius 3 is 2.30 bits per heavy atom. The Balaban J connectivity index is 1.98. The molecule has 0 radical (unpaired) electrons. The molecule has 2 fully saturated rings. The molecule has 0 aromatic rings. The highest BCUT2D eigenvalue weighted by molar-refractivity contribution is 5.92. The largest absolute Gasteiger partial charge is 0.386 e. The van der Waals surface area contributed by atoms with E-state index in [1.54, 1.807) is 0 Å². The standard InChI is InChI=1S/C14H27N5O/c1-11-3-7-19(8-4-11)13(20)17-14(12(15)16)5-9-18(2)10-6-14/h11H,3-10H2,1-2H3,(H3,15,16)(H,17,20). The molecular formula is C14H27N5O. The Bertz CT molecular complexity index is 368. The van der Waals surface area contributed by atoms with Gasteiger partial charge in [0.25, 0.3) is 0 Å². The number of amidine groups is 1. The fraction of sp³-hybridized carbons (Fsp3) is 0.857. The van der Waals surface area contributed by atoms with Crippen LogP contribution >= 0.6 is 0 Å². The molecule has 0 aliphatic carbocycles. The predicted molar refractivity (Wildman–Crippen MR) is 79.9 cm³/mol. The Labute approximate surface area is 121 Å². The van der Waals surface area contributed by atoms with E-state index in [0.717, 1.165) is 51.9 Å². The van der Waals surface area contributed by atoms with Gasteiger partial charge in [-0.2, -0.15) is 0 Å². The molecule has 2 saturated heterocycles. The van der Waals surface area contributed by atoms with E-state index >= 15 is 0 Å². The molecule has 0 spiro atoms. The highest BCUT2D eigenvalue weighted by Gasteiger charge is 2.39.